The number of rotatable bonds is 4. The van der Waals surface area contributed by atoms with E-state index in [4.69, 9.17) is 17.0 Å². The summed E-state index contributed by atoms with van der Waals surface area (Å²) in [4.78, 5) is 2.32. The predicted molar refractivity (Wildman–Crippen MR) is 83.9 cm³/mol. The molecule has 0 spiro atoms. The number of benzene rings is 1. The van der Waals surface area contributed by atoms with Crippen molar-refractivity contribution in [1.29, 1.82) is 0 Å². The SMILES string of the molecule is C=CCNC(=S)Nc1ccc(N2CCOCC2)cc1. The van der Waals surface area contributed by atoms with Crippen LogP contribution in [0.3, 0.4) is 0 Å². The summed E-state index contributed by atoms with van der Waals surface area (Å²) in [6.45, 7) is 7.81. The van der Waals surface area contributed by atoms with Crippen LogP contribution in [-0.4, -0.2) is 38.0 Å². The van der Waals surface area contributed by atoms with Crippen molar-refractivity contribution in [3.05, 3.63) is 36.9 Å². The second-order valence-electron chi connectivity index (χ2n) is 4.27. The van der Waals surface area contributed by atoms with Crippen LogP contribution in [0.4, 0.5) is 11.4 Å². The summed E-state index contributed by atoms with van der Waals surface area (Å²) in [5, 5.41) is 6.78. The third-order valence-corrected chi connectivity index (χ3v) is 3.15. The summed E-state index contributed by atoms with van der Waals surface area (Å²) in [7, 11) is 0. The van der Waals surface area contributed by atoms with Crippen molar-refractivity contribution in [3.8, 4) is 0 Å². The van der Waals surface area contributed by atoms with Gasteiger partial charge in [-0.2, -0.15) is 0 Å². The lowest BCUT2D eigenvalue weighted by molar-refractivity contribution is 0.122. The highest BCUT2D eigenvalue weighted by atomic mass is 32.1. The second-order valence-corrected chi connectivity index (χ2v) is 4.68. The maximum atomic E-state index is 5.35. The van der Waals surface area contributed by atoms with E-state index in [0.29, 0.717) is 11.7 Å². The fourth-order valence-electron chi connectivity index (χ4n) is 1.92. The zero-order valence-corrected chi connectivity index (χ0v) is 11.7. The molecule has 0 radical (unpaired) electrons. The highest BCUT2D eigenvalue weighted by Crippen LogP contribution is 2.18. The lowest BCUT2D eigenvalue weighted by Crippen LogP contribution is -2.36. The minimum absolute atomic E-state index is 0.610. The Morgan fingerprint density at radius 3 is 2.63 bits per heavy atom. The molecule has 0 aromatic heterocycles. The monoisotopic (exact) mass is 277 g/mol. The van der Waals surface area contributed by atoms with Gasteiger partial charge in [0.2, 0.25) is 0 Å². The van der Waals surface area contributed by atoms with Gasteiger partial charge in [0.15, 0.2) is 5.11 Å². The topological polar surface area (TPSA) is 36.5 Å². The Labute approximate surface area is 119 Å². The number of hydrogen-bond donors (Lipinski definition) is 2. The summed E-state index contributed by atoms with van der Waals surface area (Å²) in [6, 6.07) is 8.27. The number of hydrogen-bond acceptors (Lipinski definition) is 3. The van der Waals surface area contributed by atoms with Crippen LogP contribution < -0.4 is 15.5 Å². The van der Waals surface area contributed by atoms with E-state index in [1.165, 1.54) is 5.69 Å². The standard InChI is InChI=1S/C14H19N3OS/c1-2-7-15-14(19)16-12-3-5-13(6-4-12)17-8-10-18-11-9-17/h2-6H,1,7-11H2,(H2,15,16,19). The number of anilines is 2. The van der Waals surface area contributed by atoms with E-state index >= 15 is 0 Å². The van der Waals surface area contributed by atoms with Gasteiger partial charge in [0.1, 0.15) is 0 Å². The van der Waals surface area contributed by atoms with E-state index in [1.807, 2.05) is 12.1 Å². The Morgan fingerprint density at radius 2 is 2.00 bits per heavy atom. The van der Waals surface area contributed by atoms with Gasteiger partial charge in [0, 0.05) is 31.0 Å². The molecule has 1 fully saturated rings. The molecule has 1 heterocycles. The van der Waals surface area contributed by atoms with E-state index in [2.05, 4.69) is 34.2 Å². The first-order chi connectivity index (χ1) is 9.29. The molecule has 2 rings (SSSR count). The van der Waals surface area contributed by atoms with Gasteiger partial charge in [-0.25, -0.2) is 0 Å². The van der Waals surface area contributed by atoms with E-state index in [0.717, 1.165) is 32.0 Å². The summed E-state index contributed by atoms with van der Waals surface area (Å²) < 4.78 is 5.35. The molecule has 1 aromatic rings. The molecule has 4 nitrogen and oxygen atoms in total. The van der Waals surface area contributed by atoms with E-state index in [9.17, 15) is 0 Å². The van der Waals surface area contributed by atoms with Crippen LogP contribution in [0.1, 0.15) is 0 Å². The van der Waals surface area contributed by atoms with Crippen LogP contribution in [-0.2, 0) is 4.74 Å². The van der Waals surface area contributed by atoms with Gasteiger partial charge < -0.3 is 20.3 Å². The van der Waals surface area contributed by atoms with Crippen LogP contribution in [0.15, 0.2) is 36.9 Å². The first-order valence-electron chi connectivity index (χ1n) is 6.38. The minimum atomic E-state index is 0.610. The maximum absolute atomic E-state index is 5.35. The smallest absolute Gasteiger partial charge is 0.171 e. The fourth-order valence-corrected chi connectivity index (χ4v) is 2.12. The molecule has 2 N–H and O–H groups in total. The second kappa shape index (κ2) is 7.11. The fraction of sp³-hybridized carbons (Fsp3) is 0.357. The molecule has 0 aliphatic carbocycles. The first kappa shape index (κ1) is 13.8. The largest absolute Gasteiger partial charge is 0.378 e. The molecule has 1 aliphatic heterocycles. The Balaban J connectivity index is 1.90. The predicted octanol–water partition coefficient (Wildman–Crippen LogP) is 2.00. The Bertz CT molecular complexity index is 427. The van der Waals surface area contributed by atoms with Crippen LogP contribution in [0.25, 0.3) is 0 Å². The van der Waals surface area contributed by atoms with Crippen LogP contribution in [0.2, 0.25) is 0 Å². The van der Waals surface area contributed by atoms with Gasteiger partial charge in [0.05, 0.1) is 13.2 Å². The molecule has 1 saturated heterocycles. The average Bonchev–Trinajstić information content (AvgIpc) is 2.47. The lowest BCUT2D eigenvalue weighted by Gasteiger charge is -2.28. The molecule has 1 aliphatic rings. The van der Waals surface area contributed by atoms with Gasteiger partial charge >= 0.3 is 0 Å². The van der Waals surface area contributed by atoms with Crippen molar-refractivity contribution >= 4 is 28.7 Å². The molecule has 0 amide bonds. The van der Waals surface area contributed by atoms with Crippen molar-refractivity contribution in [2.45, 2.75) is 0 Å². The number of ether oxygens (including phenoxy) is 1. The summed E-state index contributed by atoms with van der Waals surface area (Å²) in [6.07, 6.45) is 1.77. The van der Waals surface area contributed by atoms with Gasteiger partial charge in [-0.1, -0.05) is 6.08 Å². The van der Waals surface area contributed by atoms with Crippen molar-refractivity contribution in [2.75, 3.05) is 43.1 Å². The Hall–Kier alpha value is -1.59. The number of nitrogens with zero attached hydrogens (tertiary/aromatic N) is 1. The minimum Gasteiger partial charge on any atom is -0.378 e. The molecular formula is C14H19N3OS. The molecule has 0 saturated carbocycles. The normalized spacial score (nSPS) is 14.8. The summed E-state index contributed by atoms with van der Waals surface area (Å²) in [5.74, 6) is 0. The molecule has 0 unspecified atom stereocenters. The summed E-state index contributed by atoms with van der Waals surface area (Å²) >= 11 is 5.16. The molecule has 1 aromatic carbocycles. The molecular weight excluding hydrogens is 258 g/mol. The molecule has 0 atom stereocenters. The third-order valence-electron chi connectivity index (χ3n) is 2.91. The molecule has 0 bridgehead atoms. The highest BCUT2D eigenvalue weighted by Gasteiger charge is 2.10. The van der Waals surface area contributed by atoms with Gasteiger partial charge in [0.25, 0.3) is 0 Å². The van der Waals surface area contributed by atoms with E-state index < -0.39 is 0 Å². The van der Waals surface area contributed by atoms with Crippen molar-refractivity contribution < 1.29 is 4.74 Å². The average molecular weight is 277 g/mol. The van der Waals surface area contributed by atoms with E-state index in [-0.39, 0.29) is 0 Å². The first-order valence-corrected chi connectivity index (χ1v) is 6.79. The lowest BCUT2D eigenvalue weighted by atomic mass is 10.2. The Morgan fingerprint density at radius 1 is 1.32 bits per heavy atom. The quantitative estimate of drug-likeness (QED) is 0.650. The molecule has 102 valence electrons. The third kappa shape index (κ3) is 4.22. The summed E-state index contributed by atoms with van der Waals surface area (Å²) in [5.41, 5.74) is 2.21. The maximum Gasteiger partial charge on any atom is 0.171 e. The number of nitrogens with one attached hydrogen (secondary N) is 2. The highest BCUT2D eigenvalue weighted by molar-refractivity contribution is 7.80. The van der Waals surface area contributed by atoms with Gasteiger partial charge in [-0.05, 0) is 36.5 Å². The Kier molecular flexibility index (Phi) is 5.18. The molecule has 5 heteroatoms. The van der Waals surface area contributed by atoms with Gasteiger partial charge in [-0.3, -0.25) is 0 Å². The zero-order valence-electron chi connectivity index (χ0n) is 10.9. The number of morpholine rings is 1. The van der Waals surface area contributed by atoms with Crippen molar-refractivity contribution in [3.63, 3.8) is 0 Å². The van der Waals surface area contributed by atoms with Crippen LogP contribution in [0, 0.1) is 0 Å². The van der Waals surface area contributed by atoms with Gasteiger partial charge in [-0.15, -0.1) is 6.58 Å². The van der Waals surface area contributed by atoms with Crippen LogP contribution >= 0.6 is 12.2 Å². The van der Waals surface area contributed by atoms with Crippen LogP contribution in [0.5, 0.6) is 0 Å². The molecule has 19 heavy (non-hydrogen) atoms. The number of thiocarbonyl (C=S) groups is 1. The van der Waals surface area contributed by atoms with Crippen molar-refractivity contribution in [1.82, 2.24) is 5.32 Å². The van der Waals surface area contributed by atoms with Crippen molar-refractivity contribution in [2.24, 2.45) is 0 Å². The zero-order chi connectivity index (χ0) is 13.5. The van der Waals surface area contributed by atoms with E-state index in [1.54, 1.807) is 6.08 Å².